The van der Waals surface area contributed by atoms with Crippen molar-refractivity contribution in [3.63, 3.8) is 0 Å². The minimum absolute atomic E-state index is 0.111. The molecule has 12 N–H and O–H groups in total. The molecule has 10 amide bonds. The normalized spacial score (nSPS) is 17.1. The van der Waals surface area contributed by atoms with Crippen molar-refractivity contribution >= 4 is 65.0 Å². The van der Waals surface area contributed by atoms with Crippen molar-refractivity contribution in [3.8, 4) is 0 Å². The van der Waals surface area contributed by atoms with Crippen molar-refractivity contribution < 1.29 is 53.1 Å². The maximum Gasteiger partial charge on any atom is 0.248 e. The summed E-state index contributed by atoms with van der Waals surface area (Å²) in [5.41, 5.74) is 11.0. The summed E-state index contributed by atoms with van der Waals surface area (Å²) in [5.74, 6) is -8.46. The standard InChI is InChI=1S/C47H85N13O11/c1-14-27(8)36(42(67)53-31(19-17-21-51-47(48)49)45(70)60-22-18-20-32(60)40(65)50-16-3)56-44(69)39(26(6)7)59(13)46(71)38(29(10)61)57-43(68)37(28(9)15-2)55-41(66)35(25(4)5)54-33(63)23-52-34(64)24-58(12)30(11)62/h25-29,31-32,35-39,61H,14-24H2,1-13H3,(H,50,65)(H,52,64)(H,53,67)(H,54,63)(H,55,66)(H,56,69)(H,57,68)(H4,48,49,51)/t27-,28-,29+,31-,32-,35-,36-,37+,38-,39-/m0/s1. The van der Waals surface area contributed by atoms with Crippen molar-refractivity contribution in [3.05, 3.63) is 0 Å². The molecule has 1 aliphatic heterocycles. The van der Waals surface area contributed by atoms with Crippen molar-refractivity contribution in [1.82, 2.24) is 51.9 Å². The van der Waals surface area contributed by atoms with Crippen molar-refractivity contribution in [1.29, 1.82) is 0 Å². The van der Waals surface area contributed by atoms with E-state index in [1.165, 1.54) is 32.8 Å². The fraction of sp³-hybridized carbons (Fsp3) is 0.766. The van der Waals surface area contributed by atoms with E-state index in [4.69, 9.17) is 11.5 Å². The predicted octanol–water partition coefficient (Wildman–Crippen LogP) is -2.20. The molecule has 404 valence electrons. The molecule has 1 heterocycles. The first-order valence-electron chi connectivity index (χ1n) is 24.7. The number of nitrogens with two attached hydrogens (primary N) is 2. The van der Waals surface area contributed by atoms with Crippen LogP contribution in [0.5, 0.6) is 0 Å². The number of guanidine groups is 1. The van der Waals surface area contributed by atoms with Crippen LogP contribution < -0.4 is 48.7 Å². The van der Waals surface area contributed by atoms with E-state index in [1.54, 1.807) is 55.4 Å². The second-order valence-corrected chi connectivity index (χ2v) is 19.1. The van der Waals surface area contributed by atoms with Gasteiger partial charge in [-0.1, -0.05) is 68.2 Å². The highest BCUT2D eigenvalue weighted by atomic mass is 16.3. The number of likely N-dealkylation sites (N-methyl/N-ethyl adjacent to an activating group) is 3. The SMILES string of the molecule is CCNC(=O)[C@@H]1CCCN1C(=O)[C@H](CCCN=C(N)N)NC(=O)[C@@H](NC(=O)[C@H](C(C)C)N(C)C(=O)[C@@H](NC(=O)[C@H](NC(=O)[C@@H](NC(=O)CNC(=O)CN(C)C(C)=O)C(C)C)[C@@H](C)CC)[C@@H](C)O)[C@@H](C)CC. The van der Waals surface area contributed by atoms with Crippen LogP contribution >= 0.6 is 0 Å². The fourth-order valence-corrected chi connectivity index (χ4v) is 7.94. The van der Waals surface area contributed by atoms with Gasteiger partial charge in [0.05, 0.1) is 19.2 Å². The zero-order valence-electron chi connectivity index (χ0n) is 44.2. The third-order valence-corrected chi connectivity index (χ3v) is 12.7. The van der Waals surface area contributed by atoms with Gasteiger partial charge in [-0.2, -0.15) is 0 Å². The van der Waals surface area contributed by atoms with Gasteiger partial charge in [0.2, 0.25) is 59.1 Å². The molecule has 1 rings (SSSR count). The Morgan fingerprint density at radius 1 is 0.704 bits per heavy atom. The fourth-order valence-electron chi connectivity index (χ4n) is 7.94. The van der Waals surface area contributed by atoms with Gasteiger partial charge in [-0.05, 0) is 63.2 Å². The van der Waals surface area contributed by atoms with Crippen molar-refractivity contribution in [2.45, 2.75) is 163 Å². The number of aliphatic hydroxyl groups excluding tert-OH is 1. The summed E-state index contributed by atoms with van der Waals surface area (Å²) >= 11 is 0. The molecular weight excluding hydrogens is 923 g/mol. The lowest BCUT2D eigenvalue weighted by Crippen LogP contribution is -2.64. The molecule has 0 unspecified atom stereocenters. The monoisotopic (exact) mass is 1010 g/mol. The maximum atomic E-state index is 14.4. The molecule has 0 aromatic carbocycles. The summed E-state index contributed by atoms with van der Waals surface area (Å²) in [7, 11) is 2.75. The number of aliphatic imine (C=N–C) groups is 1. The van der Waals surface area contributed by atoms with Gasteiger partial charge >= 0.3 is 0 Å². The summed E-state index contributed by atoms with van der Waals surface area (Å²) in [6, 6.07) is -8.33. The van der Waals surface area contributed by atoms with Crippen LogP contribution in [0.4, 0.5) is 0 Å². The molecule has 24 heteroatoms. The molecule has 0 aromatic heterocycles. The van der Waals surface area contributed by atoms with E-state index in [9.17, 15) is 53.1 Å². The van der Waals surface area contributed by atoms with E-state index < -0.39 is 126 Å². The second kappa shape index (κ2) is 30.6. The smallest absolute Gasteiger partial charge is 0.248 e. The van der Waals surface area contributed by atoms with Crippen LogP contribution in [0.3, 0.4) is 0 Å². The third kappa shape index (κ3) is 19.9. The number of likely N-dealkylation sites (tertiary alicyclic amines) is 1. The number of nitrogens with one attached hydrogen (secondary N) is 7. The summed E-state index contributed by atoms with van der Waals surface area (Å²) in [5, 5.41) is 29.6. The zero-order valence-corrected chi connectivity index (χ0v) is 44.2. The molecule has 1 aliphatic rings. The van der Waals surface area contributed by atoms with Gasteiger partial charge < -0.3 is 68.5 Å². The van der Waals surface area contributed by atoms with E-state index >= 15 is 0 Å². The first kappa shape index (κ1) is 62.9. The number of hydrogen-bond donors (Lipinski definition) is 10. The van der Waals surface area contributed by atoms with Gasteiger partial charge in [-0.3, -0.25) is 52.9 Å². The van der Waals surface area contributed by atoms with Gasteiger partial charge in [0.25, 0.3) is 0 Å². The molecule has 0 spiro atoms. The number of hydrogen-bond acceptors (Lipinski definition) is 12. The average Bonchev–Trinajstić information content (AvgIpc) is 3.80. The van der Waals surface area contributed by atoms with Gasteiger partial charge in [0.1, 0.15) is 42.3 Å². The Balaban J connectivity index is 3.39. The number of nitrogens with zero attached hydrogens (tertiary/aromatic N) is 4. The van der Waals surface area contributed by atoms with Crippen LogP contribution in [-0.4, -0.2) is 180 Å². The molecule has 0 aliphatic carbocycles. The molecule has 0 bridgehead atoms. The Labute approximate surface area is 419 Å². The lowest BCUT2D eigenvalue weighted by molar-refractivity contribution is -0.147. The highest BCUT2D eigenvalue weighted by Crippen LogP contribution is 2.21. The number of carbonyl (C=O) groups excluding carboxylic acids is 10. The maximum absolute atomic E-state index is 14.4. The first-order chi connectivity index (χ1) is 33.1. The van der Waals surface area contributed by atoms with E-state index in [1.807, 2.05) is 6.92 Å². The molecule has 71 heavy (non-hydrogen) atoms. The lowest BCUT2D eigenvalue weighted by atomic mass is 9.94. The van der Waals surface area contributed by atoms with Crippen molar-refractivity contribution in [2.24, 2.45) is 40.1 Å². The topological polar surface area (TPSA) is 349 Å². The van der Waals surface area contributed by atoms with Crippen LogP contribution in [0.1, 0.15) is 115 Å². The molecule has 1 saturated heterocycles. The van der Waals surface area contributed by atoms with Crippen LogP contribution in [-0.2, 0) is 47.9 Å². The first-order valence-corrected chi connectivity index (χ1v) is 24.7. The lowest BCUT2D eigenvalue weighted by Gasteiger charge is -2.36. The van der Waals surface area contributed by atoms with E-state index in [2.05, 4.69) is 42.2 Å². The number of rotatable bonds is 29. The van der Waals surface area contributed by atoms with Crippen LogP contribution in [0.25, 0.3) is 0 Å². The van der Waals surface area contributed by atoms with Crippen molar-refractivity contribution in [2.75, 3.05) is 46.8 Å². The molecule has 0 saturated carbocycles. The summed E-state index contributed by atoms with van der Waals surface area (Å²) in [4.78, 5) is 142. The van der Waals surface area contributed by atoms with E-state index in [-0.39, 0.29) is 37.3 Å². The van der Waals surface area contributed by atoms with Crippen LogP contribution in [0, 0.1) is 23.7 Å². The molecule has 1 fully saturated rings. The quantitative estimate of drug-likeness (QED) is 0.0216. The largest absolute Gasteiger partial charge is 0.391 e. The Morgan fingerprint density at radius 3 is 1.73 bits per heavy atom. The van der Waals surface area contributed by atoms with E-state index in [0.717, 1.165) is 9.80 Å². The Bertz CT molecular complexity index is 1880. The highest BCUT2D eigenvalue weighted by Gasteiger charge is 2.42. The summed E-state index contributed by atoms with van der Waals surface area (Å²) < 4.78 is 0. The second-order valence-electron chi connectivity index (χ2n) is 19.1. The third-order valence-electron chi connectivity index (χ3n) is 12.7. The Hall–Kier alpha value is -6.07. The minimum Gasteiger partial charge on any atom is -0.391 e. The highest BCUT2D eigenvalue weighted by molar-refractivity contribution is 5.98. The molecule has 24 nitrogen and oxygen atoms in total. The zero-order chi connectivity index (χ0) is 54.4. The minimum atomic E-state index is -1.62. The van der Waals surface area contributed by atoms with Gasteiger partial charge in [-0.15, -0.1) is 0 Å². The molecule has 0 aromatic rings. The van der Waals surface area contributed by atoms with Crippen LogP contribution in [0.15, 0.2) is 4.99 Å². The molecule has 0 radical (unpaired) electrons. The molecular formula is C47H85N13O11. The summed E-state index contributed by atoms with van der Waals surface area (Å²) in [6.07, 6.45) is 0.735. The molecule has 10 atom stereocenters. The Kier molecular flexibility index (Phi) is 27.1. The predicted molar refractivity (Wildman–Crippen MR) is 266 cm³/mol. The van der Waals surface area contributed by atoms with E-state index in [0.29, 0.717) is 45.2 Å². The van der Waals surface area contributed by atoms with Gasteiger partial charge in [-0.25, -0.2) is 0 Å². The number of amides is 10. The van der Waals surface area contributed by atoms with Crippen LogP contribution in [0.2, 0.25) is 0 Å². The summed E-state index contributed by atoms with van der Waals surface area (Å²) in [6.45, 7) is 18.1. The number of carbonyl (C=O) groups is 10. The Morgan fingerprint density at radius 2 is 1.24 bits per heavy atom. The van der Waals surface area contributed by atoms with Gasteiger partial charge in [0, 0.05) is 40.7 Å². The average molecular weight is 1010 g/mol. The number of aliphatic hydroxyl groups is 1. The van der Waals surface area contributed by atoms with Gasteiger partial charge in [0.15, 0.2) is 5.96 Å².